The molecule has 0 spiro atoms. The van der Waals surface area contributed by atoms with Gasteiger partial charge in [0.1, 0.15) is 5.75 Å². The molecule has 1 atom stereocenters. The van der Waals surface area contributed by atoms with E-state index in [2.05, 4.69) is 59.0 Å². The Balaban J connectivity index is 2.65. The zero-order valence-corrected chi connectivity index (χ0v) is 14.7. The molecule has 0 saturated heterocycles. The lowest BCUT2D eigenvalue weighted by molar-refractivity contribution is 0.414. The maximum Gasteiger partial charge on any atom is 0.119 e. The van der Waals surface area contributed by atoms with Crippen LogP contribution >= 0.6 is 0 Å². The number of methoxy groups -OCH3 is 1. The van der Waals surface area contributed by atoms with E-state index in [9.17, 15) is 0 Å². The molecule has 1 aromatic carbocycles. The van der Waals surface area contributed by atoms with Crippen molar-refractivity contribution in [3.8, 4) is 5.75 Å². The zero-order chi connectivity index (χ0) is 15.1. The van der Waals surface area contributed by atoms with Crippen LogP contribution in [0.3, 0.4) is 0 Å². The second-order valence-corrected chi connectivity index (χ2v) is 9.11. The van der Waals surface area contributed by atoms with Gasteiger partial charge < -0.3 is 4.74 Å². The lowest BCUT2D eigenvalue weighted by Gasteiger charge is -2.34. The molecule has 0 aromatic heterocycles. The highest BCUT2D eigenvalue weighted by molar-refractivity contribution is 6.63. The van der Waals surface area contributed by atoms with E-state index in [1.165, 1.54) is 22.3 Å². The number of ether oxygens (including phenoxy) is 1. The summed E-state index contributed by atoms with van der Waals surface area (Å²) in [5.74, 6) is 0.938. The van der Waals surface area contributed by atoms with Crippen LogP contribution in [0.4, 0.5) is 0 Å². The van der Waals surface area contributed by atoms with Gasteiger partial charge in [0.2, 0.25) is 0 Å². The predicted octanol–water partition coefficient (Wildman–Crippen LogP) is 5.33. The van der Waals surface area contributed by atoms with Gasteiger partial charge in [-0.05, 0) is 55.2 Å². The van der Waals surface area contributed by atoms with Gasteiger partial charge in [-0.1, -0.05) is 37.7 Å². The van der Waals surface area contributed by atoms with Gasteiger partial charge in [0.25, 0.3) is 0 Å². The molecule has 107 valence electrons. The van der Waals surface area contributed by atoms with Crippen molar-refractivity contribution in [1.82, 2.24) is 0 Å². The zero-order valence-electron chi connectivity index (χ0n) is 13.7. The first kappa shape index (κ1) is 15.1. The van der Waals surface area contributed by atoms with Crippen LogP contribution in [0.25, 0.3) is 5.57 Å². The van der Waals surface area contributed by atoms with Crippen LogP contribution in [0, 0.1) is 0 Å². The highest BCUT2D eigenvalue weighted by atomic mass is 28.3. The van der Waals surface area contributed by atoms with E-state index in [4.69, 9.17) is 4.74 Å². The summed E-state index contributed by atoms with van der Waals surface area (Å²) in [4.78, 5) is 0. The van der Waals surface area contributed by atoms with Gasteiger partial charge in [-0.25, -0.2) is 0 Å². The normalized spacial score (nSPS) is 23.0. The number of benzene rings is 1. The molecular weight excluding hydrogens is 260 g/mol. The molecule has 1 nitrogen and oxygen atoms in total. The van der Waals surface area contributed by atoms with Crippen LogP contribution < -0.4 is 4.74 Å². The number of hydrogen-bond donors (Lipinski definition) is 0. The van der Waals surface area contributed by atoms with Gasteiger partial charge >= 0.3 is 0 Å². The quantitative estimate of drug-likeness (QED) is 0.682. The van der Waals surface area contributed by atoms with Gasteiger partial charge in [0, 0.05) is 5.04 Å². The van der Waals surface area contributed by atoms with Crippen LogP contribution in [0.15, 0.2) is 41.0 Å². The molecule has 0 amide bonds. The average molecular weight is 285 g/mol. The minimum absolute atomic E-state index is 0.213. The predicted molar refractivity (Wildman–Crippen MR) is 89.8 cm³/mol. The summed E-state index contributed by atoms with van der Waals surface area (Å²) in [7, 11) is 1.24. The van der Waals surface area contributed by atoms with Crippen molar-refractivity contribution in [3.63, 3.8) is 0 Å². The standard InChI is InChI=1S/C18H25OSi/c1-12-13(2)17(18(4,14(12)3)20(6)7)15-9-8-10-16(11-15)19-5/h8-11H,1-7H3. The molecule has 2 heteroatoms. The first-order chi connectivity index (χ1) is 9.33. The minimum Gasteiger partial charge on any atom is -0.497 e. The van der Waals surface area contributed by atoms with Crippen LogP contribution in [-0.2, 0) is 0 Å². The van der Waals surface area contributed by atoms with Crippen molar-refractivity contribution >= 4 is 14.4 Å². The Hall–Kier alpha value is -1.28. The van der Waals surface area contributed by atoms with Gasteiger partial charge in [-0.3, -0.25) is 0 Å². The summed E-state index contributed by atoms with van der Waals surface area (Å²) < 4.78 is 5.40. The van der Waals surface area contributed by atoms with E-state index in [-0.39, 0.29) is 5.04 Å². The Kier molecular flexibility index (Phi) is 3.97. The van der Waals surface area contributed by atoms with E-state index in [0.29, 0.717) is 0 Å². The Morgan fingerprint density at radius 3 is 2.25 bits per heavy atom. The fourth-order valence-electron chi connectivity index (χ4n) is 3.32. The lowest BCUT2D eigenvalue weighted by Crippen LogP contribution is -2.25. The Morgan fingerprint density at radius 1 is 1.05 bits per heavy atom. The average Bonchev–Trinajstić information content (AvgIpc) is 2.61. The van der Waals surface area contributed by atoms with E-state index in [0.717, 1.165) is 5.75 Å². The number of allylic oxidation sites excluding steroid dienone is 4. The second-order valence-electron chi connectivity index (χ2n) is 6.11. The number of hydrogen-bond acceptors (Lipinski definition) is 1. The van der Waals surface area contributed by atoms with Crippen molar-refractivity contribution in [3.05, 3.63) is 46.5 Å². The van der Waals surface area contributed by atoms with Crippen molar-refractivity contribution in [1.29, 1.82) is 0 Å². The third-order valence-electron chi connectivity index (χ3n) is 5.11. The minimum atomic E-state index is -0.496. The summed E-state index contributed by atoms with van der Waals surface area (Å²) in [5, 5.41) is 0.213. The van der Waals surface area contributed by atoms with E-state index < -0.39 is 8.80 Å². The highest BCUT2D eigenvalue weighted by Gasteiger charge is 2.42. The molecule has 2 rings (SSSR count). The summed E-state index contributed by atoms with van der Waals surface area (Å²) in [6.07, 6.45) is 0. The third-order valence-corrected chi connectivity index (χ3v) is 7.73. The first-order valence-corrected chi connectivity index (χ1v) is 9.68. The van der Waals surface area contributed by atoms with E-state index >= 15 is 0 Å². The molecule has 0 bridgehead atoms. The summed E-state index contributed by atoms with van der Waals surface area (Å²) in [6.45, 7) is 14.1. The molecule has 0 saturated carbocycles. The molecule has 20 heavy (non-hydrogen) atoms. The van der Waals surface area contributed by atoms with Crippen molar-refractivity contribution in [2.45, 2.75) is 45.8 Å². The Bertz CT molecular complexity index is 595. The Labute approximate surface area is 125 Å². The fraction of sp³-hybridized carbons (Fsp3) is 0.444. The van der Waals surface area contributed by atoms with Gasteiger partial charge in [-0.15, -0.1) is 0 Å². The van der Waals surface area contributed by atoms with E-state index in [1.54, 1.807) is 12.7 Å². The molecule has 0 heterocycles. The third kappa shape index (κ3) is 2.07. The molecule has 1 aliphatic carbocycles. The first-order valence-electron chi connectivity index (χ1n) is 7.18. The van der Waals surface area contributed by atoms with Gasteiger partial charge in [0.05, 0.1) is 15.9 Å². The molecular formula is C18H25OSi. The summed E-state index contributed by atoms with van der Waals surface area (Å²) in [5.41, 5.74) is 7.28. The highest BCUT2D eigenvalue weighted by Crippen LogP contribution is 2.58. The van der Waals surface area contributed by atoms with Crippen molar-refractivity contribution in [2.75, 3.05) is 7.11 Å². The molecule has 1 radical (unpaired) electrons. The van der Waals surface area contributed by atoms with Crippen molar-refractivity contribution < 1.29 is 4.74 Å². The summed E-state index contributed by atoms with van der Waals surface area (Å²) in [6, 6.07) is 8.50. The topological polar surface area (TPSA) is 9.23 Å². The largest absolute Gasteiger partial charge is 0.497 e. The fourth-order valence-corrected chi connectivity index (χ4v) is 5.08. The van der Waals surface area contributed by atoms with Gasteiger partial charge in [0.15, 0.2) is 0 Å². The SMILES string of the molecule is COc1cccc(C2=C(C)C(C)=C(C)C2(C)[Si](C)C)c1. The number of rotatable bonds is 3. The molecule has 1 unspecified atom stereocenters. The second kappa shape index (κ2) is 5.25. The Morgan fingerprint density at radius 2 is 1.70 bits per heavy atom. The monoisotopic (exact) mass is 285 g/mol. The van der Waals surface area contributed by atoms with Crippen LogP contribution in [0.5, 0.6) is 5.75 Å². The lowest BCUT2D eigenvalue weighted by atomic mass is 9.90. The molecule has 1 aliphatic rings. The van der Waals surface area contributed by atoms with Crippen LogP contribution in [-0.4, -0.2) is 15.9 Å². The van der Waals surface area contributed by atoms with Crippen LogP contribution in [0.1, 0.15) is 33.3 Å². The smallest absolute Gasteiger partial charge is 0.119 e. The molecule has 0 fully saturated rings. The molecule has 0 N–H and O–H groups in total. The maximum absolute atomic E-state index is 5.40. The molecule has 1 aromatic rings. The van der Waals surface area contributed by atoms with E-state index in [1.807, 2.05) is 6.07 Å². The van der Waals surface area contributed by atoms with Crippen molar-refractivity contribution in [2.24, 2.45) is 0 Å². The maximum atomic E-state index is 5.40. The summed E-state index contributed by atoms with van der Waals surface area (Å²) >= 11 is 0. The molecule has 0 aliphatic heterocycles. The van der Waals surface area contributed by atoms with Gasteiger partial charge in [-0.2, -0.15) is 0 Å². The van der Waals surface area contributed by atoms with Crippen LogP contribution in [0.2, 0.25) is 18.1 Å².